The quantitative estimate of drug-likeness (QED) is 0.687. The van der Waals surface area contributed by atoms with Crippen LogP contribution in [0.15, 0.2) is 51.5 Å². The van der Waals surface area contributed by atoms with E-state index in [4.69, 9.17) is 4.52 Å². The summed E-state index contributed by atoms with van der Waals surface area (Å²) in [5.74, 6) is 0.0680. The molecule has 1 aromatic heterocycles. The van der Waals surface area contributed by atoms with Gasteiger partial charge in [0.15, 0.2) is 5.82 Å². The topological polar surface area (TPSA) is 59.2 Å². The molecule has 0 fully saturated rings. The number of hydrogen-bond acceptors (Lipinski definition) is 4. The molecule has 1 heterocycles. The zero-order valence-electron chi connectivity index (χ0n) is 12.0. The molecule has 124 valence electrons. The standard InChI is InChI=1S/C16H10BrF3N2O2/c17-10-5-6-13(23)11(8-10)15-21-14(22-24-15)7-9-3-1-2-4-12(9)16(18,19)20/h1-6,8,23H,7H2. The molecule has 0 bridgehead atoms. The number of aromatic hydroxyl groups is 1. The summed E-state index contributed by atoms with van der Waals surface area (Å²) in [5, 5.41) is 13.5. The van der Waals surface area contributed by atoms with E-state index >= 15 is 0 Å². The van der Waals surface area contributed by atoms with E-state index in [0.29, 0.717) is 10.0 Å². The fourth-order valence-electron chi connectivity index (χ4n) is 2.24. The second kappa shape index (κ2) is 6.27. The smallest absolute Gasteiger partial charge is 0.416 e. The normalized spacial score (nSPS) is 11.7. The minimum Gasteiger partial charge on any atom is -0.507 e. The number of phenols is 1. The van der Waals surface area contributed by atoms with Gasteiger partial charge in [-0.3, -0.25) is 0 Å². The Kier molecular flexibility index (Phi) is 4.31. The van der Waals surface area contributed by atoms with Crippen LogP contribution in [0, 0.1) is 0 Å². The first kappa shape index (κ1) is 16.5. The lowest BCUT2D eigenvalue weighted by molar-refractivity contribution is -0.138. The van der Waals surface area contributed by atoms with Crippen LogP contribution in [0.1, 0.15) is 17.0 Å². The Morgan fingerprint density at radius 2 is 1.88 bits per heavy atom. The number of aromatic nitrogens is 2. The van der Waals surface area contributed by atoms with Crippen molar-refractivity contribution in [1.29, 1.82) is 0 Å². The van der Waals surface area contributed by atoms with Crippen LogP contribution in [0.5, 0.6) is 5.75 Å². The van der Waals surface area contributed by atoms with E-state index in [1.165, 1.54) is 24.3 Å². The van der Waals surface area contributed by atoms with Gasteiger partial charge >= 0.3 is 6.18 Å². The first-order valence-electron chi connectivity index (χ1n) is 6.81. The molecule has 0 radical (unpaired) electrons. The van der Waals surface area contributed by atoms with Crippen molar-refractivity contribution in [2.75, 3.05) is 0 Å². The molecule has 0 unspecified atom stereocenters. The number of hydrogen-bond donors (Lipinski definition) is 1. The highest BCUT2D eigenvalue weighted by Gasteiger charge is 2.33. The Morgan fingerprint density at radius 1 is 1.12 bits per heavy atom. The van der Waals surface area contributed by atoms with Crippen molar-refractivity contribution in [3.05, 3.63) is 63.9 Å². The minimum absolute atomic E-state index is 0.0355. The van der Waals surface area contributed by atoms with Crippen LogP contribution in [0.4, 0.5) is 13.2 Å². The molecule has 0 saturated carbocycles. The van der Waals surface area contributed by atoms with Crippen LogP contribution < -0.4 is 0 Å². The summed E-state index contributed by atoms with van der Waals surface area (Å²) >= 11 is 3.26. The van der Waals surface area contributed by atoms with Crippen LogP contribution >= 0.6 is 15.9 Å². The molecule has 3 rings (SSSR count). The van der Waals surface area contributed by atoms with Crippen LogP contribution in [0.2, 0.25) is 0 Å². The predicted molar refractivity (Wildman–Crippen MR) is 83.3 cm³/mol. The van der Waals surface area contributed by atoms with Crippen molar-refractivity contribution in [3.8, 4) is 17.2 Å². The van der Waals surface area contributed by atoms with Crippen molar-refractivity contribution < 1.29 is 22.8 Å². The molecule has 0 aliphatic heterocycles. The van der Waals surface area contributed by atoms with Gasteiger partial charge in [0.25, 0.3) is 5.89 Å². The second-order valence-electron chi connectivity index (χ2n) is 5.01. The van der Waals surface area contributed by atoms with Gasteiger partial charge in [-0.05, 0) is 29.8 Å². The summed E-state index contributed by atoms with van der Waals surface area (Å²) in [7, 11) is 0. The zero-order chi connectivity index (χ0) is 17.3. The number of rotatable bonds is 3. The highest BCUT2D eigenvalue weighted by atomic mass is 79.9. The monoisotopic (exact) mass is 398 g/mol. The van der Waals surface area contributed by atoms with E-state index in [2.05, 4.69) is 26.1 Å². The van der Waals surface area contributed by atoms with Gasteiger partial charge in [0.1, 0.15) is 5.75 Å². The third-order valence-electron chi connectivity index (χ3n) is 3.33. The highest BCUT2D eigenvalue weighted by molar-refractivity contribution is 9.10. The van der Waals surface area contributed by atoms with Crippen LogP contribution in [-0.4, -0.2) is 15.2 Å². The average Bonchev–Trinajstić information content (AvgIpc) is 2.97. The number of benzene rings is 2. The van der Waals surface area contributed by atoms with Gasteiger partial charge in [-0.15, -0.1) is 0 Å². The fourth-order valence-corrected chi connectivity index (χ4v) is 2.60. The largest absolute Gasteiger partial charge is 0.507 e. The lowest BCUT2D eigenvalue weighted by Crippen LogP contribution is -2.09. The van der Waals surface area contributed by atoms with Crippen LogP contribution in [0.25, 0.3) is 11.5 Å². The summed E-state index contributed by atoms with van der Waals surface area (Å²) in [4.78, 5) is 4.07. The van der Waals surface area contributed by atoms with E-state index in [1.807, 2.05) is 0 Å². The van der Waals surface area contributed by atoms with Gasteiger partial charge in [-0.25, -0.2) is 0 Å². The maximum absolute atomic E-state index is 13.0. The van der Waals surface area contributed by atoms with Crippen molar-refractivity contribution in [2.24, 2.45) is 0 Å². The second-order valence-corrected chi connectivity index (χ2v) is 5.92. The lowest BCUT2D eigenvalue weighted by atomic mass is 10.0. The van der Waals surface area contributed by atoms with Gasteiger partial charge in [0.2, 0.25) is 0 Å². The Bertz CT molecular complexity index is 878. The predicted octanol–water partition coefficient (Wildman–Crippen LogP) is 4.81. The molecule has 2 aromatic carbocycles. The van der Waals surface area contributed by atoms with Gasteiger partial charge in [0, 0.05) is 10.9 Å². The summed E-state index contributed by atoms with van der Waals surface area (Å²) in [6.45, 7) is 0. The first-order chi connectivity index (χ1) is 11.3. The Morgan fingerprint density at radius 3 is 2.62 bits per heavy atom. The number of halogens is 4. The van der Waals surface area contributed by atoms with E-state index in [-0.39, 0.29) is 29.4 Å². The third-order valence-corrected chi connectivity index (χ3v) is 3.82. The highest BCUT2D eigenvalue weighted by Crippen LogP contribution is 2.33. The first-order valence-corrected chi connectivity index (χ1v) is 7.60. The average molecular weight is 399 g/mol. The van der Waals surface area contributed by atoms with Crippen molar-refractivity contribution in [1.82, 2.24) is 10.1 Å². The summed E-state index contributed by atoms with van der Waals surface area (Å²) < 4.78 is 44.8. The van der Waals surface area contributed by atoms with Crippen LogP contribution in [0.3, 0.4) is 0 Å². The Labute approximate surface area is 143 Å². The molecule has 0 saturated heterocycles. The molecule has 8 heteroatoms. The van der Waals surface area contributed by atoms with Crippen molar-refractivity contribution >= 4 is 15.9 Å². The molecule has 0 aliphatic rings. The number of alkyl halides is 3. The molecule has 4 nitrogen and oxygen atoms in total. The molecule has 3 aromatic rings. The van der Waals surface area contributed by atoms with Crippen molar-refractivity contribution in [3.63, 3.8) is 0 Å². The molecule has 1 N–H and O–H groups in total. The van der Waals surface area contributed by atoms with Crippen molar-refractivity contribution in [2.45, 2.75) is 12.6 Å². The fraction of sp³-hybridized carbons (Fsp3) is 0.125. The van der Waals surface area contributed by atoms with Gasteiger partial charge in [0.05, 0.1) is 11.1 Å². The summed E-state index contributed by atoms with van der Waals surface area (Å²) in [5.41, 5.74) is -0.385. The Balaban J connectivity index is 1.92. The van der Waals surface area contributed by atoms with Crippen LogP contribution in [-0.2, 0) is 12.6 Å². The summed E-state index contributed by atoms with van der Waals surface area (Å²) in [6.07, 6.45) is -4.58. The minimum atomic E-state index is -4.45. The maximum atomic E-state index is 13.0. The van der Waals surface area contributed by atoms with E-state index in [0.717, 1.165) is 6.07 Å². The maximum Gasteiger partial charge on any atom is 0.416 e. The molecule has 24 heavy (non-hydrogen) atoms. The van der Waals surface area contributed by atoms with E-state index in [1.54, 1.807) is 12.1 Å². The zero-order valence-corrected chi connectivity index (χ0v) is 13.6. The van der Waals surface area contributed by atoms with E-state index in [9.17, 15) is 18.3 Å². The molecule has 0 amide bonds. The molecule has 0 spiro atoms. The van der Waals surface area contributed by atoms with E-state index < -0.39 is 11.7 Å². The third kappa shape index (κ3) is 3.43. The Hall–Kier alpha value is -2.35. The van der Waals surface area contributed by atoms with Gasteiger partial charge in [-0.1, -0.05) is 39.3 Å². The molecule has 0 atom stereocenters. The van der Waals surface area contributed by atoms with Gasteiger partial charge < -0.3 is 9.63 Å². The molecular weight excluding hydrogens is 389 g/mol. The molecule has 0 aliphatic carbocycles. The number of nitrogens with zero attached hydrogens (tertiary/aromatic N) is 2. The van der Waals surface area contributed by atoms with Gasteiger partial charge in [-0.2, -0.15) is 18.2 Å². The lowest BCUT2D eigenvalue weighted by Gasteiger charge is -2.10. The SMILES string of the molecule is Oc1ccc(Br)cc1-c1nc(Cc2ccccc2C(F)(F)F)no1. The number of phenolic OH excluding ortho intramolecular Hbond substituents is 1. The summed E-state index contributed by atoms with van der Waals surface area (Å²) in [6, 6.07) is 9.89. The molecular formula is C16H10BrF3N2O2.